The molecule has 0 spiro atoms. The van der Waals surface area contributed by atoms with Crippen molar-refractivity contribution < 1.29 is 40.7 Å². The number of hydrogen-bond acceptors (Lipinski definition) is 7. The SMILES string of the molecule is CCOC(=O)N1CCN(C(=O)c2c(F)c(F)c3c(c2F)N(C[C@@H]2CCCO2)CCS3(=O)=O)CC1. The number of carbonyl (C=O) groups excluding carboxylic acids is 2. The second-order valence-electron chi connectivity index (χ2n) is 8.37. The van der Waals surface area contributed by atoms with Crippen LogP contribution in [0.5, 0.6) is 0 Å². The molecule has 4 rings (SSSR count). The summed E-state index contributed by atoms with van der Waals surface area (Å²) in [6, 6.07) is 0. The standard InChI is InChI=1S/C21H26F3N3O6S/c1-2-32-21(29)26-7-5-25(6-8-26)20(28)14-15(22)17(24)19-18(16(14)23)27(9-11-34(19,30)31)12-13-4-3-10-33-13/h13H,2-12H2,1H3/t13-/m0/s1. The Bertz CT molecular complexity index is 1090. The maximum Gasteiger partial charge on any atom is 0.409 e. The Kier molecular flexibility index (Phi) is 6.94. The van der Waals surface area contributed by atoms with Gasteiger partial charge in [-0.3, -0.25) is 4.79 Å². The van der Waals surface area contributed by atoms with Crippen molar-refractivity contribution in [3.8, 4) is 0 Å². The first-order valence-corrected chi connectivity index (χ1v) is 12.8. The van der Waals surface area contributed by atoms with E-state index >= 15 is 8.78 Å². The van der Waals surface area contributed by atoms with E-state index in [1.165, 1.54) is 9.80 Å². The van der Waals surface area contributed by atoms with Gasteiger partial charge < -0.3 is 24.2 Å². The fourth-order valence-corrected chi connectivity index (χ4v) is 6.05. The molecule has 3 heterocycles. The van der Waals surface area contributed by atoms with E-state index < -0.39 is 61.2 Å². The third-order valence-corrected chi connectivity index (χ3v) is 7.98. The van der Waals surface area contributed by atoms with Gasteiger partial charge in [-0.15, -0.1) is 0 Å². The fourth-order valence-electron chi connectivity index (χ4n) is 4.51. The summed E-state index contributed by atoms with van der Waals surface area (Å²) in [5, 5.41) is 0. The van der Waals surface area contributed by atoms with Gasteiger partial charge in [-0.05, 0) is 19.8 Å². The summed E-state index contributed by atoms with van der Waals surface area (Å²) >= 11 is 0. The Labute approximate surface area is 195 Å². The van der Waals surface area contributed by atoms with Gasteiger partial charge in [0.05, 0.1) is 24.2 Å². The van der Waals surface area contributed by atoms with Crippen LogP contribution in [0.15, 0.2) is 4.90 Å². The lowest BCUT2D eigenvalue weighted by atomic mass is 10.1. The van der Waals surface area contributed by atoms with Gasteiger partial charge >= 0.3 is 6.09 Å². The summed E-state index contributed by atoms with van der Waals surface area (Å²) in [7, 11) is -4.29. The Hall–Kier alpha value is -2.54. The van der Waals surface area contributed by atoms with Crippen LogP contribution in [-0.4, -0.2) is 94.6 Å². The van der Waals surface area contributed by atoms with Crippen molar-refractivity contribution in [2.45, 2.75) is 30.8 Å². The van der Waals surface area contributed by atoms with E-state index in [0.717, 1.165) is 11.3 Å². The molecular weight excluding hydrogens is 479 g/mol. The number of ether oxygens (including phenoxy) is 2. The minimum absolute atomic E-state index is 0.0485. The summed E-state index contributed by atoms with van der Waals surface area (Å²) in [6.45, 7) is 2.33. The van der Waals surface area contributed by atoms with Crippen LogP contribution in [0.4, 0.5) is 23.7 Å². The Morgan fingerprint density at radius 2 is 1.71 bits per heavy atom. The number of nitrogens with zero attached hydrogens (tertiary/aromatic N) is 3. The van der Waals surface area contributed by atoms with E-state index in [4.69, 9.17) is 9.47 Å². The minimum Gasteiger partial charge on any atom is -0.450 e. The maximum atomic E-state index is 15.7. The molecule has 0 aromatic heterocycles. The zero-order valence-corrected chi connectivity index (χ0v) is 19.5. The van der Waals surface area contributed by atoms with Crippen LogP contribution < -0.4 is 4.90 Å². The molecule has 3 aliphatic rings. The number of carbonyl (C=O) groups is 2. The highest BCUT2D eigenvalue weighted by molar-refractivity contribution is 7.91. The van der Waals surface area contributed by atoms with Crippen molar-refractivity contribution in [2.75, 3.05) is 63.1 Å². The monoisotopic (exact) mass is 505 g/mol. The summed E-state index contributed by atoms with van der Waals surface area (Å²) in [5.41, 5.74) is -1.77. The van der Waals surface area contributed by atoms with E-state index in [1.807, 2.05) is 0 Å². The number of anilines is 1. The summed E-state index contributed by atoms with van der Waals surface area (Å²) in [5.74, 6) is -6.63. The van der Waals surface area contributed by atoms with Crippen molar-refractivity contribution in [1.29, 1.82) is 0 Å². The normalized spacial score (nSPS) is 22.0. The molecule has 188 valence electrons. The van der Waals surface area contributed by atoms with Crippen LogP contribution in [-0.2, 0) is 19.3 Å². The van der Waals surface area contributed by atoms with Gasteiger partial charge in [0.25, 0.3) is 5.91 Å². The Morgan fingerprint density at radius 1 is 1.03 bits per heavy atom. The first kappa shape index (κ1) is 24.6. The number of fused-ring (bicyclic) bond motifs is 1. The fraction of sp³-hybridized carbons (Fsp3) is 0.619. The van der Waals surface area contributed by atoms with E-state index in [9.17, 15) is 22.4 Å². The highest BCUT2D eigenvalue weighted by Gasteiger charge is 2.42. The number of sulfone groups is 1. The molecule has 0 N–H and O–H groups in total. The summed E-state index contributed by atoms with van der Waals surface area (Å²) in [6.07, 6.45) is 0.573. The van der Waals surface area contributed by atoms with Crippen LogP contribution in [0, 0.1) is 17.5 Å². The number of benzene rings is 1. The lowest BCUT2D eigenvalue weighted by Crippen LogP contribution is -2.51. The smallest absolute Gasteiger partial charge is 0.409 e. The number of hydrogen-bond donors (Lipinski definition) is 0. The number of piperazine rings is 1. The van der Waals surface area contributed by atoms with Crippen molar-refractivity contribution in [1.82, 2.24) is 9.80 Å². The maximum absolute atomic E-state index is 15.7. The molecular formula is C21H26F3N3O6S. The third kappa shape index (κ3) is 4.42. The molecule has 3 aliphatic heterocycles. The van der Waals surface area contributed by atoms with Crippen molar-refractivity contribution >= 4 is 27.5 Å². The average Bonchev–Trinajstić information content (AvgIpc) is 3.32. The van der Waals surface area contributed by atoms with Crippen LogP contribution in [0.25, 0.3) is 0 Å². The second-order valence-corrected chi connectivity index (χ2v) is 10.4. The molecule has 0 saturated carbocycles. The molecule has 2 fully saturated rings. The Morgan fingerprint density at radius 3 is 2.32 bits per heavy atom. The quantitative estimate of drug-likeness (QED) is 0.576. The highest BCUT2D eigenvalue weighted by Crippen LogP contribution is 2.39. The number of rotatable bonds is 4. The van der Waals surface area contributed by atoms with E-state index in [2.05, 4.69) is 0 Å². The predicted octanol–water partition coefficient (Wildman–Crippen LogP) is 1.79. The number of amides is 2. The van der Waals surface area contributed by atoms with Gasteiger partial charge in [-0.2, -0.15) is 0 Å². The summed E-state index contributed by atoms with van der Waals surface area (Å²) < 4.78 is 81.3. The van der Waals surface area contributed by atoms with Crippen LogP contribution in [0.1, 0.15) is 30.1 Å². The summed E-state index contributed by atoms with van der Waals surface area (Å²) in [4.78, 5) is 27.6. The lowest BCUT2D eigenvalue weighted by Gasteiger charge is -2.36. The average molecular weight is 506 g/mol. The van der Waals surface area contributed by atoms with Gasteiger partial charge in [0, 0.05) is 45.9 Å². The topological polar surface area (TPSA) is 96.5 Å². The van der Waals surface area contributed by atoms with Crippen molar-refractivity contribution in [3.63, 3.8) is 0 Å². The molecule has 0 unspecified atom stereocenters. The molecule has 1 atom stereocenters. The molecule has 1 aromatic carbocycles. The van der Waals surface area contributed by atoms with Gasteiger partial charge in [-0.1, -0.05) is 0 Å². The first-order valence-electron chi connectivity index (χ1n) is 11.2. The van der Waals surface area contributed by atoms with Crippen molar-refractivity contribution in [2.24, 2.45) is 0 Å². The minimum atomic E-state index is -4.29. The van der Waals surface area contributed by atoms with Crippen LogP contribution >= 0.6 is 0 Å². The lowest BCUT2D eigenvalue weighted by molar-refractivity contribution is 0.0561. The zero-order valence-electron chi connectivity index (χ0n) is 18.7. The largest absolute Gasteiger partial charge is 0.450 e. The third-order valence-electron chi connectivity index (χ3n) is 6.27. The Balaban J connectivity index is 1.67. The first-order chi connectivity index (χ1) is 16.2. The molecule has 2 amide bonds. The van der Waals surface area contributed by atoms with Crippen LogP contribution in [0.3, 0.4) is 0 Å². The van der Waals surface area contributed by atoms with Gasteiger partial charge in [0.15, 0.2) is 27.3 Å². The zero-order chi connectivity index (χ0) is 24.6. The molecule has 13 heteroatoms. The highest BCUT2D eigenvalue weighted by atomic mass is 32.2. The second kappa shape index (κ2) is 9.61. The molecule has 9 nitrogen and oxygen atoms in total. The van der Waals surface area contributed by atoms with E-state index in [1.54, 1.807) is 6.92 Å². The molecule has 1 aromatic rings. The van der Waals surface area contributed by atoms with Crippen molar-refractivity contribution in [3.05, 3.63) is 23.0 Å². The molecule has 0 radical (unpaired) electrons. The van der Waals surface area contributed by atoms with Gasteiger partial charge in [-0.25, -0.2) is 26.4 Å². The molecule has 2 saturated heterocycles. The number of halogens is 3. The molecule has 34 heavy (non-hydrogen) atoms. The van der Waals surface area contributed by atoms with E-state index in [0.29, 0.717) is 13.0 Å². The van der Waals surface area contributed by atoms with Gasteiger partial charge in [0.2, 0.25) is 0 Å². The molecule has 0 bridgehead atoms. The molecule has 0 aliphatic carbocycles. The predicted molar refractivity (Wildman–Crippen MR) is 114 cm³/mol. The van der Waals surface area contributed by atoms with Gasteiger partial charge in [0.1, 0.15) is 10.5 Å². The van der Waals surface area contributed by atoms with Crippen LogP contribution in [0.2, 0.25) is 0 Å². The van der Waals surface area contributed by atoms with E-state index in [-0.39, 0.29) is 52.0 Å².